The fourth-order valence-corrected chi connectivity index (χ4v) is 5.34. The smallest absolute Gasteiger partial charge is 0.229 e. The van der Waals surface area contributed by atoms with Gasteiger partial charge in [-0.05, 0) is 12.0 Å². The molecule has 1 amide bonds. The third-order valence-electron chi connectivity index (χ3n) is 7.05. The van der Waals surface area contributed by atoms with Crippen molar-refractivity contribution in [3.63, 3.8) is 0 Å². The van der Waals surface area contributed by atoms with E-state index in [9.17, 15) is 4.79 Å². The zero-order valence-electron chi connectivity index (χ0n) is 18.4. The molecule has 3 aliphatic rings. The van der Waals surface area contributed by atoms with Crippen LogP contribution in [0.5, 0.6) is 5.75 Å². The van der Waals surface area contributed by atoms with Gasteiger partial charge in [-0.1, -0.05) is 53.7 Å². The number of hydrogen-bond acceptors (Lipinski definition) is 4. The number of carbonyl (C=O) groups is 1. The van der Waals surface area contributed by atoms with Crippen molar-refractivity contribution in [3.8, 4) is 17.0 Å². The van der Waals surface area contributed by atoms with Crippen molar-refractivity contribution in [3.05, 3.63) is 66.4 Å². The van der Waals surface area contributed by atoms with Crippen molar-refractivity contribution < 1.29 is 14.4 Å². The number of fused-ring (bicyclic) bond motifs is 3. The first-order valence-electron chi connectivity index (χ1n) is 11.4. The minimum Gasteiger partial charge on any atom is -0.496 e. The quantitative estimate of drug-likeness (QED) is 0.594. The molecule has 2 N–H and O–H groups in total. The molecule has 1 aromatic heterocycles. The molecule has 0 saturated carbocycles. The van der Waals surface area contributed by atoms with Crippen LogP contribution in [0.15, 0.2) is 60.8 Å². The van der Waals surface area contributed by atoms with E-state index in [2.05, 4.69) is 27.8 Å². The number of quaternary nitrogens is 1. The lowest BCUT2D eigenvalue weighted by Crippen LogP contribution is -3.20. The highest BCUT2D eigenvalue weighted by Crippen LogP contribution is 2.28. The van der Waals surface area contributed by atoms with Gasteiger partial charge in [0.2, 0.25) is 5.91 Å². The van der Waals surface area contributed by atoms with E-state index in [-0.39, 0.29) is 11.8 Å². The van der Waals surface area contributed by atoms with Gasteiger partial charge in [0.25, 0.3) is 0 Å². The molecule has 7 nitrogen and oxygen atoms in total. The molecule has 32 heavy (non-hydrogen) atoms. The molecule has 3 fully saturated rings. The number of benzene rings is 2. The summed E-state index contributed by atoms with van der Waals surface area (Å²) in [5, 5.41) is 11.9. The van der Waals surface area contributed by atoms with Gasteiger partial charge in [0.15, 0.2) is 0 Å². The first kappa shape index (κ1) is 20.7. The van der Waals surface area contributed by atoms with Crippen LogP contribution in [0, 0.1) is 11.8 Å². The molecule has 1 unspecified atom stereocenters. The Morgan fingerprint density at radius 3 is 2.78 bits per heavy atom. The highest BCUT2D eigenvalue weighted by atomic mass is 16.5. The molecule has 4 heterocycles. The number of nitrogens with zero attached hydrogens (tertiary/aromatic N) is 3. The number of carbonyl (C=O) groups excluding carboxylic acids is 1. The van der Waals surface area contributed by atoms with Gasteiger partial charge in [0.05, 0.1) is 38.9 Å². The molecule has 2 aromatic carbocycles. The summed E-state index contributed by atoms with van der Waals surface area (Å²) in [6, 6.07) is 18.5. The van der Waals surface area contributed by atoms with E-state index in [0.29, 0.717) is 18.5 Å². The van der Waals surface area contributed by atoms with Crippen molar-refractivity contribution in [2.75, 3.05) is 20.2 Å². The normalized spacial score (nSPS) is 24.3. The average Bonchev–Trinajstić information content (AvgIpc) is 3.32. The first-order valence-corrected chi connectivity index (χ1v) is 11.4. The fraction of sp³-hybridized carbons (Fsp3) is 0.400. The SMILES string of the molecule is COc1ccccc1CNC(=O)[C@H]1C[NH+]2CC[C@@H]1C[C@@H]2Cn1cc(-c2ccccc2)nn1. The maximum absolute atomic E-state index is 13.0. The predicted molar refractivity (Wildman–Crippen MR) is 121 cm³/mol. The second kappa shape index (κ2) is 9.12. The van der Waals surface area contributed by atoms with Crippen molar-refractivity contribution in [2.24, 2.45) is 11.8 Å². The number of piperidine rings is 3. The number of rotatable bonds is 7. The molecule has 2 bridgehead atoms. The van der Waals surface area contributed by atoms with E-state index in [1.165, 1.54) is 4.90 Å². The molecule has 0 spiro atoms. The van der Waals surface area contributed by atoms with Crippen molar-refractivity contribution in [1.82, 2.24) is 20.3 Å². The molecule has 7 heteroatoms. The Bertz CT molecular complexity index is 1070. The van der Waals surface area contributed by atoms with Crippen molar-refractivity contribution >= 4 is 5.91 Å². The van der Waals surface area contributed by atoms with Crippen LogP contribution < -0.4 is 15.0 Å². The molecular weight excluding hydrogens is 402 g/mol. The van der Waals surface area contributed by atoms with Crippen LogP contribution in [0.4, 0.5) is 0 Å². The Hall–Kier alpha value is -3.19. The summed E-state index contributed by atoms with van der Waals surface area (Å²) in [4.78, 5) is 14.5. The van der Waals surface area contributed by atoms with Crippen LogP contribution in [-0.2, 0) is 17.9 Å². The number of amides is 1. The average molecular weight is 433 g/mol. The Kier molecular flexibility index (Phi) is 5.90. The highest BCUT2D eigenvalue weighted by molar-refractivity contribution is 5.79. The lowest BCUT2D eigenvalue weighted by atomic mass is 9.75. The second-order valence-electron chi connectivity index (χ2n) is 8.92. The minimum absolute atomic E-state index is 0.0836. The molecule has 3 aliphatic heterocycles. The lowest BCUT2D eigenvalue weighted by molar-refractivity contribution is -0.945. The van der Waals surface area contributed by atoms with Crippen LogP contribution >= 0.6 is 0 Å². The third-order valence-corrected chi connectivity index (χ3v) is 7.05. The Morgan fingerprint density at radius 1 is 1.19 bits per heavy atom. The van der Waals surface area contributed by atoms with E-state index in [0.717, 1.165) is 55.0 Å². The molecule has 3 aromatic rings. The molecule has 3 saturated heterocycles. The van der Waals surface area contributed by atoms with Gasteiger partial charge < -0.3 is 15.0 Å². The third kappa shape index (κ3) is 4.25. The maximum Gasteiger partial charge on any atom is 0.229 e. The first-order chi connectivity index (χ1) is 15.7. The molecular formula is C25H30N5O2+. The Labute approximate surface area is 188 Å². The van der Waals surface area contributed by atoms with Gasteiger partial charge in [-0.2, -0.15) is 0 Å². The molecule has 6 rings (SSSR count). The van der Waals surface area contributed by atoms with Crippen LogP contribution in [-0.4, -0.2) is 47.1 Å². The van der Waals surface area contributed by atoms with E-state index in [1.807, 2.05) is 53.3 Å². The summed E-state index contributed by atoms with van der Waals surface area (Å²) >= 11 is 0. The summed E-state index contributed by atoms with van der Waals surface area (Å²) in [6.07, 6.45) is 4.21. The standard InChI is InChI=1S/C25H29N5O2/c1-32-24-10-6-5-9-20(24)14-26-25(31)22-16-29-12-11-19(22)13-21(29)15-30-17-23(27-28-30)18-7-3-2-4-8-18/h2-10,17,19,21-22H,11-16H2,1H3,(H,26,31)/p+1/t19-,21-,22+/m1/s1. The van der Waals surface area contributed by atoms with Gasteiger partial charge >= 0.3 is 0 Å². The summed E-state index contributed by atoms with van der Waals surface area (Å²) in [5.74, 6) is 1.51. The van der Waals surface area contributed by atoms with Crippen molar-refractivity contribution in [1.29, 1.82) is 0 Å². The maximum atomic E-state index is 13.0. The van der Waals surface area contributed by atoms with Gasteiger partial charge in [-0.3, -0.25) is 4.79 Å². The summed E-state index contributed by atoms with van der Waals surface area (Å²) < 4.78 is 7.37. The second-order valence-corrected chi connectivity index (χ2v) is 8.92. The summed E-state index contributed by atoms with van der Waals surface area (Å²) in [5.41, 5.74) is 3.00. The van der Waals surface area contributed by atoms with Crippen LogP contribution in [0.3, 0.4) is 0 Å². The van der Waals surface area contributed by atoms with Gasteiger partial charge in [-0.25, -0.2) is 4.68 Å². The molecule has 0 aliphatic carbocycles. The van der Waals surface area contributed by atoms with Gasteiger partial charge in [0, 0.05) is 30.5 Å². The topological polar surface area (TPSA) is 73.5 Å². The van der Waals surface area contributed by atoms with E-state index >= 15 is 0 Å². The van der Waals surface area contributed by atoms with E-state index < -0.39 is 0 Å². The fourth-order valence-electron chi connectivity index (χ4n) is 5.34. The largest absolute Gasteiger partial charge is 0.496 e. The van der Waals surface area contributed by atoms with Crippen LogP contribution in [0.2, 0.25) is 0 Å². The Morgan fingerprint density at radius 2 is 2.00 bits per heavy atom. The number of hydrogen-bond donors (Lipinski definition) is 2. The number of aromatic nitrogens is 3. The predicted octanol–water partition coefficient (Wildman–Crippen LogP) is 1.56. The number of ether oxygens (including phenoxy) is 1. The van der Waals surface area contributed by atoms with E-state index in [4.69, 9.17) is 4.74 Å². The molecule has 4 atom stereocenters. The minimum atomic E-state index is 0.0836. The lowest BCUT2D eigenvalue weighted by Gasteiger charge is -2.46. The summed E-state index contributed by atoms with van der Waals surface area (Å²) in [7, 11) is 1.66. The summed E-state index contributed by atoms with van der Waals surface area (Å²) in [6.45, 7) is 3.38. The van der Waals surface area contributed by atoms with Crippen molar-refractivity contribution in [2.45, 2.75) is 32.0 Å². The number of nitrogens with one attached hydrogen (secondary N) is 2. The monoisotopic (exact) mass is 432 g/mol. The molecule has 0 radical (unpaired) electrons. The number of para-hydroxylation sites is 1. The Balaban J connectivity index is 1.19. The van der Waals surface area contributed by atoms with Gasteiger partial charge in [0.1, 0.15) is 17.5 Å². The highest BCUT2D eigenvalue weighted by Gasteiger charge is 2.46. The number of methoxy groups -OCH3 is 1. The van der Waals surface area contributed by atoms with E-state index in [1.54, 1.807) is 7.11 Å². The zero-order chi connectivity index (χ0) is 21.9. The van der Waals surface area contributed by atoms with Crippen LogP contribution in [0.25, 0.3) is 11.3 Å². The molecule has 166 valence electrons. The van der Waals surface area contributed by atoms with Crippen LogP contribution in [0.1, 0.15) is 18.4 Å². The zero-order valence-corrected chi connectivity index (χ0v) is 18.4. The van der Waals surface area contributed by atoms with Gasteiger partial charge in [-0.15, -0.1) is 5.10 Å².